The summed E-state index contributed by atoms with van der Waals surface area (Å²) in [5.41, 5.74) is 17.0. The molecular formula is C62H41NO. The second kappa shape index (κ2) is 15.8. The maximum Gasteiger partial charge on any atom is 0.136 e. The number of fused-ring (bicyclic) bond motifs is 6. The molecule has 1 heterocycles. The highest BCUT2D eigenvalue weighted by atomic mass is 16.3. The molecule has 2 nitrogen and oxygen atoms in total. The molecule has 0 aliphatic carbocycles. The monoisotopic (exact) mass is 815 g/mol. The summed E-state index contributed by atoms with van der Waals surface area (Å²) in [6.45, 7) is 0. The fraction of sp³-hybridized carbons (Fsp3) is 0. The van der Waals surface area contributed by atoms with Gasteiger partial charge in [0.25, 0.3) is 0 Å². The number of benzene rings is 11. The van der Waals surface area contributed by atoms with Gasteiger partial charge in [0.05, 0.1) is 0 Å². The Labute approximate surface area is 372 Å². The van der Waals surface area contributed by atoms with Gasteiger partial charge in [0.1, 0.15) is 11.2 Å². The third kappa shape index (κ3) is 6.52. The first kappa shape index (κ1) is 37.3. The van der Waals surface area contributed by atoms with Crippen LogP contribution in [-0.2, 0) is 0 Å². The number of para-hydroxylation sites is 1. The van der Waals surface area contributed by atoms with E-state index in [9.17, 15) is 0 Å². The molecule has 1 aromatic heterocycles. The van der Waals surface area contributed by atoms with E-state index in [0.717, 1.165) is 55.7 Å². The standard InChI is InChI=1S/C62H41NO/c1-4-15-42(16-5-1)43-27-34-49(35-28-43)63(51-38-31-45(32-39-51)52-24-14-26-59-62(52)56-23-12-13-25-58(56)64-59)50-36-29-44(30-37-50)48-33-40-54-53-21-10-11-22-55(53)60(46-17-6-2-7-18-46)61(57(54)41-48)47-19-8-3-9-20-47/h1-41H. The average molecular weight is 816 g/mol. The zero-order valence-corrected chi connectivity index (χ0v) is 35.0. The van der Waals surface area contributed by atoms with Crippen molar-refractivity contribution < 1.29 is 4.42 Å². The van der Waals surface area contributed by atoms with Crippen LogP contribution in [0.4, 0.5) is 17.1 Å². The minimum Gasteiger partial charge on any atom is -0.456 e. The maximum atomic E-state index is 6.25. The average Bonchev–Trinajstić information content (AvgIpc) is 3.76. The van der Waals surface area contributed by atoms with Gasteiger partial charge in [0, 0.05) is 27.8 Å². The summed E-state index contributed by atoms with van der Waals surface area (Å²) in [6, 6.07) is 89.6. The summed E-state index contributed by atoms with van der Waals surface area (Å²) in [7, 11) is 0. The summed E-state index contributed by atoms with van der Waals surface area (Å²) in [5, 5.41) is 7.28. The molecule has 11 aromatic carbocycles. The quantitative estimate of drug-likeness (QED) is 0.142. The lowest BCUT2D eigenvalue weighted by Crippen LogP contribution is -2.09. The van der Waals surface area contributed by atoms with Gasteiger partial charge in [-0.3, -0.25) is 0 Å². The number of anilines is 3. The number of hydrogen-bond donors (Lipinski definition) is 0. The van der Waals surface area contributed by atoms with Crippen molar-refractivity contribution in [3.05, 3.63) is 249 Å². The van der Waals surface area contributed by atoms with Crippen LogP contribution in [0.1, 0.15) is 0 Å². The van der Waals surface area contributed by atoms with Gasteiger partial charge < -0.3 is 9.32 Å². The molecule has 0 N–H and O–H groups in total. The number of hydrogen-bond acceptors (Lipinski definition) is 2. The Morgan fingerprint density at radius 1 is 0.250 bits per heavy atom. The molecule has 12 aromatic rings. The molecule has 0 aliphatic heterocycles. The normalized spacial score (nSPS) is 11.4. The maximum absolute atomic E-state index is 6.25. The summed E-state index contributed by atoms with van der Waals surface area (Å²) in [4.78, 5) is 2.35. The van der Waals surface area contributed by atoms with Crippen LogP contribution >= 0.6 is 0 Å². The number of rotatable bonds is 8. The molecule has 0 saturated heterocycles. The van der Waals surface area contributed by atoms with Gasteiger partial charge in [-0.1, -0.05) is 194 Å². The fourth-order valence-corrected chi connectivity index (χ4v) is 9.67. The number of nitrogens with zero attached hydrogens (tertiary/aromatic N) is 1. The molecule has 0 fully saturated rings. The Kier molecular flexibility index (Phi) is 9.20. The summed E-state index contributed by atoms with van der Waals surface area (Å²) in [6.07, 6.45) is 0. The van der Waals surface area contributed by atoms with Gasteiger partial charge in [0.2, 0.25) is 0 Å². The van der Waals surface area contributed by atoms with Crippen LogP contribution < -0.4 is 4.90 Å². The Morgan fingerprint density at radius 3 is 1.28 bits per heavy atom. The molecule has 2 heteroatoms. The van der Waals surface area contributed by atoms with Gasteiger partial charge in [-0.05, 0) is 132 Å². The summed E-state index contributed by atoms with van der Waals surface area (Å²) >= 11 is 0. The van der Waals surface area contributed by atoms with Crippen molar-refractivity contribution in [2.24, 2.45) is 0 Å². The molecule has 0 atom stereocenters. The molecule has 12 rings (SSSR count). The van der Waals surface area contributed by atoms with E-state index in [1.54, 1.807) is 0 Å². The lowest BCUT2D eigenvalue weighted by atomic mass is 9.84. The molecule has 0 spiro atoms. The molecule has 0 bridgehead atoms. The molecule has 64 heavy (non-hydrogen) atoms. The smallest absolute Gasteiger partial charge is 0.136 e. The largest absolute Gasteiger partial charge is 0.456 e. The first-order chi connectivity index (χ1) is 31.7. The molecule has 0 saturated carbocycles. The van der Waals surface area contributed by atoms with Gasteiger partial charge in [-0.15, -0.1) is 0 Å². The van der Waals surface area contributed by atoms with Crippen LogP contribution in [0.25, 0.3) is 99.1 Å². The van der Waals surface area contributed by atoms with Crippen molar-refractivity contribution in [3.8, 4) is 55.6 Å². The topological polar surface area (TPSA) is 16.4 Å². The van der Waals surface area contributed by atoms with Crippen molar-refractivity contribution in [2.75, 3.05) is 4.90 Å². The van der Waals surface area contributed by atoms with Crippen LogP contribution in [0.15, 0.2) is 253 Å². The van der Waals surface area contributed by atoms with Crippen molar-refractivity contribution in [3.63, 3.8) is 0 Å². The summed E-state index contributed by atoms with van der Waals surface area (Å²) in [5.74, 6) is 0. The Hall–Kier alpha value is -8.46. The van der Waals surface area contributed by atoms with E-state index in [4.69, 9.17) is 4.42 Å². The van der Waals surface area contributed by atoms with Crippen molar-refractivity contribution in [2.45, 2.75) is 0 Å². The molecule has 0 unspecified atom stereocenters. The van der Waals surface area contributed by atoms with Crippen LogP contribution in [0.2, 0.25) is 0 Å². The highest BCUT2D eigenvalue weighted by molar-refractivity contribution is 6.22. The third-order valence-corrected chi connectivity index (χ3v) is 12.7. The van der Waals surface area contributed by atoms with E-state index in [1.807, 2.05) is 12.1 Å². The highest BCUT2D eigenvalue weighted by Crippen LogP contribution is 2.46. The predicted octanol–water partition coefficient (Wildman–Crippen LogP) is 17.7. The first-order valence-electron chi connectivity index (χ1n) is 21.9. The number of furan rings is 1. The zero-order valence-electron chi connectivity index (χ0n) is 35.0. The Bertz CT molecular complexity index is 3610. The fourth-order valence-electron chi connectivity index (χ4n) is 9.67. The van der Waals surface area contributed by atoms with Crippen molar-refractivity contribution >= 4 is 60.5 Å². The van der Waals surface area contributed by atoms with Crippen LogP contribution in [0, 0.1) is 0 Å². The molecule has 300 valence electrons. The SMILES string of the molecule is c1ccc(-c2ccc(N(c3ccc(-c4ccc5c(c4)c(-c4ccccc4)c(-c4ccccc4)c4ccccc45)cc3)c3ccc(-c4cccc5oc6ccccc6c45)cc3)cc2)cc1. The van der Waals surface area contributed by atoms with Gasteiger partial charge in [-0.2, -0.15) is 0 Å². The van der Waals surface area contributed by atoms with E-state index < -0.39 is 0 Å². The van der Waals surface area contributed by atoms with Crippen molar-refractivity contribution in [1.82, 2.24) is 0 Å². The van der Waals surface area contributed by atoms with Gasteiger partial charge in [0.15, 0.2) is 0 Å². The highest BCUT2D eigenvalue weighted by Gasteiger charge is 2.20. The van der Waals surface area contributed by atoms with Gasteiger partial charge in [-0.25, -0.2) is 0 Å². The van der Waals surface area contributed by atoms with Crippen LogP contribution in [-0.4, -0.2) is 0 Å². The molecule has 0 radical (unpaired) electrons. The minimum atomic E-state index is 0.899. The Balaban J connectivity index is 0.972. The van der Waals surface area contributed by atoms with Gasteiger partial charge >= 0.3 is 0 Å². The predicted molar refractivity (Wildman–Crippen MR) is 271 cm³/mol. The van der Waals surface area contributed by atoms with E-state index in [2.05, 4.69) is 241 Å². The first-order valence-corrected chi connectivity index (χ1v) is 21.9. The lowest BCUT2D eigenvalue weighted by Gasteiger charge is -2.26. The third-order valence-electron chi connectivity index (χ3n) is 12.7. The zero-order chi connectivity index (χ0) is 42.4. The second-order valence-corrected chi connectivity index (χ2v) is 16.4. The lowest BCUT2D eigenvalue weighted by molar-refractivity contribution is 0.669. The van der Waals surface area contributed by atoms with Crippen LogP contribution in [0.3, 0.4) is 0 Å². The van der Waals surface area contributed by atoms with E-state index in [-0.39, 0.29) is 0 Å². The minimum absolute atomic E-state index is 0.899. The van der Waals surface area contributed by atoms with Crippen LogP contribution in [0.5, 0.6) is 0 Å². The summed E-state index contributed by atoms with van der Waals surface area (Å²) < 4.78 is 6.25. The molecule has 0 amide bonds. The van der Waals surface area contributed by atoms with E-state index in [0.29, 0.717) is 0 Å². The molecular weight excluding hydrogens is 775 g/mol. The van der Waals surface area contributed by atoms with E-state index >= 15 is 0 Å². The van der Waals surface area contributed by atoms with Crippen molar-refractivity contribution in [1.29, 1.82) is 0 Å². The Morgan fingerprint density at radius 2 is 0.672 bits per heavy atom. The van der Waals surface area contributed by atoms with E-state index in [1.165, 1.54) is 60.5 Å². The molecule has 0 aliphatic rings. The second-order valence-electron chi connectivity index (χ2n) is 16.4.